The largest absolute Gasteiger partial charge is 0.497 e. The van der Waals surface area contributed by atoms with E-state index in [1.165, 1.54) is 0 Å². The number of ether oxygens (including phenoxy) is 1. The molecule has 0 aromatic heterocycles. The fourth-order valence-electron chi connectivity index (χ4n) is 1.54. The zero-order chi connectivity index (χ0) is 12.7. The van der Waals surface area contributed by atoms with Crippen molar-refractivity contribution in [2.75, 3.05) is 12.4 Å². The van der Waals surface area contributed by atoms with Crippen LogP contribution in [0.4, 0.5) is 0 Å². The second kappa shape index (κ2) is 7.72. The van der Waals surface area contributed by atoms with Gasteiger partial charge in [-0.2, -0.15) is 0 Å². The van der Waals surface area contributed by atoms with Crippen LogP contribution >= 0.6 is 27.5 Å². The van der Waals surface area contributed by atoms with E-state index in [1.54, 1.807) is 25.3 Å². The molecule has 0 aliphatic rings. The molecule has 0 fully saturated rings. The second-order valence-electron chi connectivity index (χ2n) is 3.77. The summed E-state index contributed by atoms with van der Waals surface area (Å²) in [5.74, 6) is 0.752. The molecule has 1 aromatic rings. The van der Waals surface area contributed by atoms with Gasteiger partial charge in [0, 0.05) is 17.3 Å². The number of carbonyl (C=O) groups excluding carboxylic acids is 1. The van der Waals surface area contributed by atoms with Crippen molar-refractivity contribution in [2.45, 2.75) is 25.7 Å². The fraction of sp³-hybridized carbons (Fsp3) is 0.462. The molecule has 0 saturated carbocycles. The summed E-state index contributed by atoms with van der Waals surface area (Å²) < 4.78 is 5.09. The third kappa shape index (κ3) is 4.68. The summed E-state index contributed by atoms with van der Waals surface area (Å²) in [6.07, 6.45) is 3.59. The quantitative estimate of drug-likeness (QED) is 0.420. The van der Waals surface area contributed by atoms with Crippen LogP contribution in [0.2, 0.25) is 5.02 Å². The van der Waals surface area contributed by atoms with Gasteiger partial charge in [-0.25, -0.2) is 0 Å². The number of rotatable bonds is 7. The normalized spacial score (nSPS) is 10.3. The third-order valence-corrected chi connectivity index (χ3v) is 3.40. The molecule has 2 nitrogen and oxygen atoms in total. The molecule has 94 valence electrons. The Morgan fingerprint density at radius 3 is 2.76 bits per heavy atom. The predicted octanol–water partition coefficient (Wildman–Crippen LogP) is 4.49. The second-order valence-corrected chi connectivity index (χ2v) is 4.97. The number of halogens is 2. The van der Waals surface area contributed by atoms with Crippen molar-refractivity contribution in [3.8, 4) is 5.75 Å². The SMILES string of the molecule is COc1ccc(Cl)c(C(=O)CCCCCBr)c1. The summed E-state index contributed by atoms with van der Waals surface area (Å²) >= 11 is 9.37. The first kappa shape index (κ1) is 14.5. The molecule has 0 atom stereocenters. The van der Waals surface area contributed by atoms with Crippen LogP contribution in [0, 0.1) is 0 Å². The molecule has 0 amide bonds. The Bertz CT molecular complexity index is 380. The number of Topliss-reactive ketones (excluding diaryl/α,β-unsaturated/α-hetero) is 1. The number of methoxy groups -OCH3 is 1. The fourth-order valence-corrected chi connectivity index (χ4v) is 2.16. The highest BCUT2D eigenvalue weighted by atomic mass is 79.9. The van der Waals surface area contributed by atoms with Crippen molar-refractivity contribution in [2.24, 2.45) is 0 Å². The summed E-state index contributed by atoms with van der Waals surface area (Å²) in [6.45, 7) is 0. The van der Waals surface area contributed by atoms with E-state index in [1.807, 2.05) is 0 Å². The van der Waals surface area contributed by atoms with E-state index in [9.17, 15) is 4.79 Å². The topological polar surface area (TPSA) is 26.3 Å². The van der Waals surface area contributed by atoms with Gasteiger partial charge in [-0.3, -0.25) is 4.79 Å². The highest BCUT2D eigenvalue weighted by Gasteiger charge is 2.11. The lowest BCUT2D eigenvalue weighted by Crippen LogP contribution is -2.00. The Kier molecular flexibility index (Phi) is 6.60. The highest BCUT2D eigenvalue weighted by molar-refractivity contribution is 9.09. The van der Waals surface area contributed by atoms with Gasteiger partial charge in [-0.1, -0.05) is 34.0 Å². The highest BCUT2D eigenvalue weighted by Crippen LogP contribution is 2.23. The minimum atomic E-state index is 0.0865. The molecule has 0 unspecified atom stereocenters. The first-order valence-electron chi connectivity index (χ1n) is 5.61. The maximum Gasteiger partial charge on any atom is 0.164 e. The van der Waals surface area contributed by atoms with E-state index in [2.05, 4.69) is 15.9 Å². The van der Waals surface area contributed by atoms with E-state index in [0.717, 1.165) is 24.6 Å². The molecule has 0 radical (unpaired) electrons. The standard InChI is InChI=1S/C13H16BrClO2/c1-17-10-6-7-12(15)11(9-10)13(16)5-3-2-4-8-14/h6-7,9H,2-5,8H2,1H3. The molecule has 1 rings (SSSR count). The summed E-state index contributed by atoms with van der Waals surface area (Å²) in [5.41, 5.74) is 0.560. The van der Waals surface area contributed by atoms with Gasteiger partial charge < -0.3 is 4.74 Å². The van der Waals surface area contributed by atoms with Gasteiger partial charge in [-0.05, 0) is 31.0 Å². The molecule has 17 heavy (non-hydrogen) atoms. The summed E-state index contributed by atoms with van der Waals surface area (Å²) in [5, 5.41) is 1.48. The van der Waals surface area contributed by atoms with Crippen molar-refractivity contribution in [1.29, 1.82) is 0 Å². The molecule has 0 aliphatic heterocycles. The minimum Gasteiger partial charge on any atom is -0.497 e. The van der Waals surface area contributed by atoms with Crippen molar-refractivity contribution < 1.29 is 9.53 Å². The molecule has 1 aromatic carbocycles. The van der Waals surface area contributed by atoms with Crippen molar-refractivity contribution in [3.63, 3.8) is 0 Å². The Hall–Kier alpha value is -0.540. The van der Waals surface area contributed by atoms with Gasteiger partial charge in [0.25, 0.3) is 0 Å². The molecule has 4 heteroatoms. The zero-order valence-electron chi connectivity index (χ0n) is 9.84. The van der Waals surface area contributed by atoms with Crippen LogP contribution < -0.4 is 4.74 Å². The van der Waals surface area contributed by atoms with E-state index in [0.29, 0.717) is 22.8 Å². The molecule has 0 heterocycles. The van der Waals surface area contributed by atoms with Crippen LogP contribution in [0.25, 0.3) is 0 Å². The Balaban J connectivity index is 2.61. The molecule has 0 N–H and O–H groups in total. The van der Waals surface area contributed by atoms with Gasteiger partial charge in [0.15, 0.2) is 5.78 Å². The van der Waals surface area contributed by atoms with Crippen molar-refractivity contribution >= 4 is 33.3 Å². The zero-order valence-corrected chi connectivity index (χ0v) is 12.2. The van der Waals surface area contributed by atoms with Gasteiger partial charge in [-0.15, -0.1) is 0 Å². The number of hydrogen-bond donors (Lipinski definition) is 0. The molecule has 0 bridgehead atoms. The summed E-state index contributed by atoms with van der Waals surface area (Å²) in [7, 11) is 1.58. The van der Waals surface area contributed by atoms with E-state index >= 15 is 0 Å². The van der Waals surface area contributed by atoms with Crippen LogP contribution in [-0.2, 0) is 0 Å². The molecule has 0 spiro atoms. The molecule has 0 saturated heterocycles. The van der Waals surface area contributed by atoms with Gasteiger partial charge in [0.1, 0.15) is 5.75 Å². The Morgan fingerprint density at radius 1 is 1.35 bits per heavy atom. The average Bonchev–Trinajstić information content (AvgIpc) is 2.35. The van der Waals surface area contributed by atoms with Gasteiger partial charge >= 0.3 is 0 Å². The number of ketones is 1. The van der Waals surface area contributed by atoms with Crippen LogP contribution in [0.15, 0.2) is 18.2 Å². The summed E-state index contributed by atoms with van der Waals surface area (Å²) in [4.78, 5) is 11.9. The van der Waals surface area contributed by atoms with E-state index in [4.69, 9.17) is 16.3 Å². The van der Waals surface area contributed by atoms with Crippen molar-refractivity contribution in [1.82, 2.24) is 0 Å². The maximum atomic E-state index is 11.9. The lowest BCUT2D eigenvalue weighted by molar-refractivity contribution is 0.0979. The minimum absolute atomic E-state index is 0.0865. The van der Waals surface area contributed by atoms with Crippen LogP contribution in [-0.4, -0.2) is 18.2 Å². The number of carbonyl (C=O) groups is 1. The first-order valence-corrected chi connectivity index (χ1v) is 7.11. The first-order chi connectivity index (χ1) is 8.19. The number of benzene rings is 1. The average molecular weight is 320 g/mol. The monoisotopic (exact) mass is 318 g/mol. The van der Waals surface area contributed by atoms with Crippen molar-refractivity contribution in [3.05, 3.63) is 28.8 Å². The lowest BCUT2D eigenvalue weighted by Gasteiger charge is -2.06. The Morgan fingerprint density at radius 2 is 2.12 bits per heavy atom. The Labute approximate surface area is 115 Å². The third-order valence-electron chi connectivity index (χ3n) is 2.51. The van der Waals surface area contributed by atoms with Crippen LogP contribution in [0.3, 0.4) is 0 Å². The number of unbranched alkanes of at least 4 members (excludes halogenated alkanes) is 2. The van der Waals surface area contributed by atoms with Crippen LogP contribution in [0.5, 0.6) is 5.75 Å². The summed E-state index contributed by atoms with van der Waals surface area (Å²) in [6, 6.07) is 5.16. The number of alkyl halides is 1. The maximum absolute atomic E-state index is 11.9. The molecule has 0 aliphatic carbocycles. The smallest absolute Gasteiger partial charge is 0.164 e. The van der Waals surface area contributed by atoms with E-state index < -0.39 is 0 Å². The number of hydrogen-bond acceptors (Lipinski definition) is 2. The lowest BCUT2D eigenvalue weighted by atomic mass is 10.0. The molecular formula is C13H16BrClO2. The molecular weight excluding hydrogens is 303 g/mol. The van der Waals surface area contributed by atoms with Crippen LogP contribution in [0.1, 0.15) is 36.0 Å². The van der Waals surface area contributed by atoms with Gasteiger partial charge in [0.05, 0.1) is 12.1 Å². The van der Waals surface area contributed by atoms with Gasteiger partial charge in [0.2, 0.25) is 0 Å². The van der Waals surface area contributed by atoms with E-state index in [-0.39, 0.29) is 5.78 Å². The predicted molar refractivity (Wildman–Crippen MR) is 74.6 cm³/mol.